The normalized spacial score (nSPS) is 25.1. The van der Waals surface area contributed by atoms with Crippen molar-refractivity contribution in [3.8, 4) is 0 Å². The number of carbonyl (C=O) groups excluding carboxylic acids is 1. The maximum atomic E-state index is 12.1. The molecular formula is C16H28ClN5O. The van der Waals surface area contributed by atoms with Gasteiger partial charge in [0.25, 0.3) is 0 Å². The Morgan fingerprint density at radius 3 is 3.00 bits per heavy atom. The third-order valence-electron chi connectivity index (χ3n) is 4.85. The molecule has 0 aliphatic carbocycles. The van der Waals surface area contributed by atoms with E-state index >= 15 is 0 Å². The predicted molar refractivity (Wildman–Crippen MR) is 92.5 cm³/mol. The minimum atomic E-state index is 0. The fourth-order valence-corrected chi connectivity index (χ4v) is 3.52. The fourth-order valence-electron chi connectivity index (χ4n) is 3.52. The molecule has 2 atom stereocenters. The van der Waals surface area contributed by atoms with E-state index < -0.39 is 0 Å². The molecule has 6 nitrogen and oxygen atoms in total. The lowest BCUT2D eigenvalue weighted by atomic mass is 9.97. The zero-order valence-electron chi connectivity index (χ0n) is 13.8. The van der Waals surface area contributed by atoms with Crippen LogP contribution in [-0.2, 0) is 18.4 Å². The number of aromatic nitrogens is 2. The summed E-state index contributed by atoms with van der Waals surface area (Å²) in [5.74, 6) is 0.744. The fraction of sp³-hybridized carbons (Fsp3) is 0.750. The number of halogens is 1. The third kappa shape index (κ3) is 4.93. The van der Waals surface area contributed by atoms with Crippen molar-refractivity contribution in [2.75, 3.05) is 26.2 Å². The van der Waals surface area contributed by atoms with Crippen LogP contribution in [0.1, 0.15) is 31.4 Å². The maximum Gasteiger partial charge on any atom is 0.237 e. The molecule has 0 saturated carbocycles. The monoisotopic (exact) mass is 341 g/mol. The molecule has 130 valence electrons. The van der Waals surface area contributed by atoms with Gasteiger partial charge in [-0.3, -0.25) is 14.4 Å². The molecule has 0 bridgehead atoms. The van der Waals surface area contributed by atoms with Crippen LogP contribution < -0.4 is 10.6 Å². The summed E-state index contributed by atoms with van der Waals surface area (Å²) in [5.41, 5.74) is 1.25. The number of piperidine rings is 1. The first-order valence-electron chi connectivity index (χ1n) is 8.42. The first-order chi connectivity index (χ1) is 10.7. The average Bonchev–Trinajstić information content (AvgIpc) is 3.18. The summed E-state index contributed by atoms with van der Waals surface area (Å²) in [7, 11) is 1.99. The van der Waals surface area contributed by atoms with Crippen molar-refractivity contribution in [1.29, 1.82) is 0 Å². The van der Waals surface area contributed by atoms with Gasteiger partial charge in [-0.1, -0.05) is 0 Å². The van der Waals surface area contributed by atoms with E-state index in [4.69, 9.17) is 0 Å². The number of amides is 1. The maximum absolute atomic E-state index is 12.1. The van der Waals surface area contributed by atoms with Gasteiger partial charge in [0.2, 0.25) is 5.91 Å². The molecule has 1 aromatic rings. The third-order valence-corrected chi connectivity index (χ3v) is 4.85. The van der Waals surface area contributed by atoms with Gasteiger partial charge >= 0.3 is 0 Å². The Morgan fingerprint density at radius 2 is 2.30 bits per heavy atom. The molecule has 1 amide bonds. The number of likely N-dealkylation sites (tertiary alicyclic amines) is 1. The Labute approximate surface area is 144 Å². The molecule has 2 aliphatic rings. The van der Waals surface area contributed by atoms with E-state index in [1.165, 1.54) is 18.5 Å². The van der Waals surface area contributed by atoms with Crippen LogP contribution in [0.25, 0.3) is 0 Å². The van der Waals surface area contributed by atoms with Gasteiger partial charge in [-0.25, -0.2) is 0 Å². The van der Waals surface area contributed by atoms with Crippen molar-refractivity contribution in [1.82, 2.24) is 25.3 Å². The predicted octanol–water partition coefficient (Wildman–Crippen LogP) is 0.922. The largest absolute Gasteiger partial charge is 0.354 e. The van der Waals surface area contributed by atoms with E-state index in [9.17, 15) is 4.79 Å². The van der Waals surface area contributed by atoms with Gasteiger partial charge in [-0.2, -0.15) is 5.10 Å². The van der Waals surface area contributed by atoms with Crippen molar-refractivity contribution in [2.45, 2.75) is 38.3 Å². The Morgan fingerprint density at radius 1 is 1.43 bits per heavy atom. The SMILES string of the molecule is Cl.Cn1nccc1CN1CCCC(CNC(=O)C2CCCN2)C1. The first kappa shape index (κ1) is 18.2. The van der Waals surface area contributed by atoms with Gasteiger partial charge in [0.1, 0.15) is 0 Å². The van der Waals surface area contributed by atoms with Gasteiger partial charge in [0, 0.05) is 32.9 Å². The highest BCUT2D eigenvalue weighted by Crippen LogP contribution is 2.18. The highest BCUT2D eigenvalue weighted by Gasteiger charge is 2.24. The smallest absolute Gasteiger partial charge is 0.237 e. The standard InChI is InChI=1S/C16H27N5O.ClH/c1-20-14(6-8-19-20)12-21-9-3-4-13(11-21)10-18-16(22)15-5-2-7-17-15;/h6,8,13,15,17H,2-5,7,9-12H2,1H3,(H,18,22);1H. The van der Waals surface area contributed by atoms with Crippen molar-refractivity contribution < 1.29 is 4.79 Å². The molecule has 2 saturated heterocycles. The van der Waals surface area contributed by atoms with Crippen LogP contribution in [0.15, 0.2) is 12.3 Å². The quantitative estimate of drug-likeness (QED) is 0.836. The number of hydrogen-bond donors (Lipinski definition) is 2. The number of hydrogen-bond acceptors (Lipinski definition) is 4. The van der Waals surface area contributed by atoms with Crippen molar-refractivity contribution in [2.24, 2.45) is 13.0 Å². The molecule has 2 fully saturated rings. The van der Waals surface area contributed by atoms with Crippen molar-refractivity contribution in [3.63, 3.8) is 0 Å². The highest BCUT2D eigenvalue weighted by atomic mass is 35.5. The molecule has 2 unspecified atom stereocenters. The van der Waals surface area contributed by atoms with E-state index in [-0.39, 0.29) is 24.4 Å². The van der Waals surface area contributed by atoms with Crippen LogP contribution >= 0.6 is 12.4 Å². The van der Waals surface area contributed by atoms with E-state index in [1.807, 2.05) is 17.9 Å². The number of rotatable bonds is 5. The lowest BCUT2D eigenvalue weighted by Gasteiger charge is -2.32. The van der Waals surface area contributed by atoms with Crippen LogP contribution in [-0.4, -0.2) is 52.8 Å². The van der Waals surface area contributed by atoms with Gasteiger partial charge in [0.15, 0.2) is 0 Å². The molecule has 3 rings (SSSR count). The average molecular weight is 342 g/mol. The summed E-state index contributed by atoms with van der Waals surface area (Å²) >= 11 is 0. The second-order valence-electron chi connectivity index (χ2n) is 6.58. The number of nitrogens with one attached hydrogen (secondary N) is 2. The Balaban J connectivity index is 0.00000192. The van der Waals surface area contributed by atoms with E-state index in [0.717, 1.165) is 45.6 Å². The molecule has 2 aliphatic heterocycles. The minimum Gasteiger partial charge on any atom is -0.354 e. The van der Waals surface area contributed by atoms with E-state index in [2.05, 4.69) is 26.7 Å². The molecule has 2 N–H and O–H groups in total. The van der Waals surface area contributed by atoms with Crippen molar-refractivity contribution in [3.05, 3.63) is 18.0 Å². The zero-order chi connectivity index (χ0) is 15.4. The molecule has 1 aromatic heterocycles. The van der Waals surface area contributed by atoms with Crippen LogP contribution in [0.2, 0.25) is 0 Å². The molecule has 7 heteroatoms. The molecule has 0 aromatic carbocycles. The van der Waals surface area contributed by atoms with Gasteiger partial charge < -0.3 is 10.6 Å². The van der Waals surface area contributed by atoms with Crippen LogP contribution in [0.4, 0.5) is 0 Å². The number of nitrogens with zero attached hydrogens (tertiary/aromatic N) is 3. The summed E-state index contributed by atoms with van der Waals surface area (Å²) in [4.78, 5) is 14.5. The molecule has 0 radical (unpaired) electrons. The Kier molecular flexibility index (Phi) is 6.87. The van der Waals surface area contributed by atoms with Gasteiger partial charge in [0.05, 0.1) is 11.7 Å². The molecule has 0 spiro atoms. The lowest BCUT2D eigenvalue weighted by molar-refractivity contribution is -0.123. The summed E-state index contributed by atoms with van der Waals surface area (Å²) in [6.07, 6.45) is 6.36. The van der Waals surface area contributed by atoms with E-state index in [1.54, 1.807) is 0 Å². The minimum absolute atomic E-state index is 0. The zero-order valence-corrected chi connectivity index (χ0v) is 14.6. The van der Waals surface area contributed by atoms with Gasteiger partial charge in [-0.15, -0.1) is 12.4 Å². The highest BCUT2D eigenvalue weighted by molar-refractivity contribution is 5.85. The summed E-state index contributed by atoms with van der Waals surface area (Å²) < 4.78 is 1.94. The summed E-state index contributed by atoms with van der Waals surface area (Å²) in [6.45, 7) is 4.92. The molecule has 3 heterocycles. The second kappa shape index (κ2) is 8.66. The van der Waals surface area contributed by atoms with Crippen molar-refractivity contribution >= 4 is 18.3 Å². The summed E-state index contributed by atoms with van der Waals surface area (Å²) in [5, 5.41) is 10.6. The number of aryl methyl sites for hydroxylation is 1. The second-order valence-corrected chi connectivity index (χ2v) is 6.58. The first-order valence-corrected chi connectivity index (χ1v) is 8.42. The van der Waals surface area contributed by atoms with Gasteiger partial charge in [-0.05, 0) is 50.8 Å². The Bertz CT molecular complexity index is 500. The summed E-state index contributed by atoms with van der Waals surface area (Å²) in [6, 6.07) is 2.12. The topological polar surface area (TPSA) is 62.2 Å². The lowest BCUT2D eigenvalue weighted by Crippen LogP contribution is -2.45. The molecular weight excluding hydrogens is 314 g/mol. The Hall–Kier alpha value is -1.11. The van der Waals surface area contributed by atoms with E-state index in [0.29, 0.717) is 5.92 Å². The van der Waals surface area contributed by atoms with Crippen LogP contribution in [0.3, 0.4) is 0 Å². The number of carbonyl (C=O) groups is 1. The van der Waals surface area contributed by atoms with Crippen LogP contribution in [0.5, 0.6) is 0 Å². The van der Waals surface area contributed by atoms with Crippen LogP contribution in [0, 0.1) is 5.92 Å². The molecule has 23 heavy (non-hydrogen) atoms.